The lowest BCUT2D eigenvalue weighted by Gasteiger charge is -2.08. The SMILES string of the molecule is COC(=O)c1ccc(S(=O)(=O)N[C@@H](C)C(=O)O)s1. The number of hydrogen-bond acceptors (Lipinski definition) is 6. The van der Waals surface area contributed by atoms with Gasteiger partial charge in [-0.3, -0.25) is 4.79 Å². The van der Waals surface area contributed by atoms with Gasteiger partial charge in [-0.2, -0.15) is 4.72 Å². The van der Waals surface area contributed by atoms with E-state index in [4.69, 9.17) is 5.11 Å². The molecule has 0 radical (unpaired) electrons. The summed E-state index contributed by atoms with van der Waals surface area (Å²) >= 11 is 0.708. The molecule has 1 aromatic rings. The minimum Gasteiger partial charge on any atom is -0.480 e. The topological polar surface area (TPSA) is 110 Å². The van der Waals surface area contributed by atoms with Crippen molar-refractivity contribution < 1.29 is 27.9 Å². The number of hydrogen-bond donors (Lipinski definition) is 2. The Balaban J connectivity index is 2.96. The zero-order valence-electron chi connectivity index (χ0n) is 9.54. The van der Waals surface area contributed by atoms with Crippen molar-refractivity contribution in [3.05, 3.63) is 17.0 Å². The molecule has 1 rings (SSSR count). The van der Waals surface area contributed by atoms with Crippen LogP contribution in [0.25, 0.3) is 0 Å². The molecule has 100 valence electrons. The predicted octanol–water partition coefficient (Wildman–Crippen LogP) is 0.286. The Morgan fingerprint density at radius 3 is 2.56 bits per heavy atom. The molecule has 7 nitrogen and oxygen atoms in total. The Kier molecular flexibility index (Phi) is 4.43. The Morgan fingerprint density at radius 2 is 2.06 bits per heavy atom. The molecule has 0 aliphatic rings. The van der Waals surface area contributed by atoms with Gasteiger partial charge in [-0.15, -0.1) is 11.3 Å². The Morgan fingerprint density at radius 1 is 1.44 bits per heavy atom. The first kappa shape index (κ1) is 14.6. The van der Waals surface area contributed by atoms with Crippen molar-refractivity contribution in [2.45, 2.75) is 17.2 Å². The van der Waals surface area contributed by atoms with Crippen LogP contribution in [-0.2, 0) is 19.6 Å². The van der Waals surface area contributed by atoms with Gasteiger partial charge in [0.25, 0.3) is 10.0 Å². The summed E-state index contributed by atoms with van der Waals surface area (Å²) in [4.78, 5) is 21.9. The fourth-order valence-electron chi connectivity index (χ4n) is 1.02. The monoisotopic (exact) mass is 293 g/mol. The molecule has 0 saturated carbocycles. The third kappa shape index (κ3) is 3.28. The van der Waals surface area contributed by atoms with Gasteiger partial charge in [0, 0.05) is 0 Å². The van der Waals surface area contributed by atoms with E-state index >= 15 is 0 Å². The molecule has 0 fully saturated rings. The first-order valence-corrected chi connectivity index (χ1v) is 7.01. The van der Waals surface area contributed by atoms with Gasteiger partial charge < -0.3 is 9.84 Å². The fourth-order valence-corrected chi connectivity index (χ4v) is 3.45. The lowest BCUT2D eigenvalue weighted by Crippen LogP contribution is -2.37. The number of aliphatic carboxylic acids is 1. The molecule has 0 bridgehead atoms. The van der Waals surface area contributed by atoms with Gasteiger partial charge in [-0.05, 0) is 19.1 Å². The third-order valence-corrected chi connectivity index (χ3v) is 5.03. The molecule has 0 saturated heterocycles. The molecule has 0 aliphatic carbocycles. The molecule has 9 heteroatoms. The minimum atomic E-state index is -3.95. The number of methoxy groups -OCH3 is 1. The molecule has 1 aromatic heterocycles. The quantitative estimate of drug-likeness (QED) is 0.755. The van der Waals surface area contributed by atoms with Crippen molar-refractivity contribution in [2.24, 2.45) is 0 Å². The maximum atomic E-state index is 11.8. The van der Waals surface area contributed by atoms with Crippen molar-refractivity contribution >= 4 is 33.3 Å². The van der Waals surface area contributed by atoms with E-state index < -0.39 is 28.0 Å². The highest BCUT2D eigenvalue weighted by Gasteiger charge is 2.24. The number of carboxylic acid groups (broad SMARTS) is 1. The van der Waals surface area contributed by atoms with Crippen LogP contribution < -0.4 is 4.72 Å². The number of carbonyl (C=O) groups excluding carboxylic acids is 1. The minimum absolute atomic E-state index is 0.126. The standard InChI is InChI=1S/C9H11NO6S2/c1-5(8(11)12)10-18(14,15)7-4-3-6(17-7)9(13)16-2/h3-5,10H,1-2H3,(H,11,12)/t5-/m0/s1. The molecule has 1 heterocycles. The van der Waals surface area contributed by atoms with E-state index in [-0.39, 0.29) is 9.09 Å². The summed E-state index contributed by atoms with van der Waals surface area (Å²) in [6.45, 7) is 1.20. The summed E-state index contributed by atoms with van der Waals surface area (Å²) in [5.41, 5.74) is 0. The molecule has 1 atom stereocenters. The van der Waals surface area contributed by atoms with Crippen LogP contribution in [0.15, 0.2) is 16.3 Å². The Bertz CT molecular complexity index is 561. The highest BCUT2D eigenvalue weighted by molar-refractivity contribution is 7.91. The second kappa shape index (κ2) is 5.46. The van der Waals surface area contributed by atoms with Gasteiger partial charge in [0.05, 0.1) is 7.11 Å². The largest absolute Gasteiger partial charge is 0.480 e. The molecule has 0 spiro atoms. The van der Waals surface area contributed by atoms with Crippen LogP contribution in [0.2, 0.25) is 0 Å². The average molecular weight is 293 g/mol. The molecule has 0 unspecified atom stereocenters. The van der Waals surface area contributed by atoms with Gasteiger partial charge in [0.1, 0.15) is 15.1 Å². The van der Waals surface area contributed by atoms with E-state index in [1.54, 1.807) is 0 Å². The normalized spacial score (nSPS) is 13.0. The van der Waals surface area contributed by atoms with Crippen LogP contribution in [0.3, 0.4) is 0 Å². The average Bonchev–Trinajstić information content (AvgIpc) is 2.77. The lowest BCUT2D eigenvalue weighted by molar-refractivity contribution is -0.138. The van der Waals surface area contributed by atoms with Crippen molar-refractivity contribution in [1.29, 1.82) is 0 Å². The van der Waals surface area contributed by atoms with Gasteiger partial charge in [-0.25, -0.2) is 13.2 Å². The summed E-state index contributed by atoms with van der Waals surface area (Å²) in [6.07, 6.45) is 0. The van der Waals surface area contributed by atoms with Crippen LogP contribution in [0.4, 0.5) is 0 Å². The maximum absolute atomic E-state index is 11.8. The summed E-state index contributed by atoms with van der Waals surface area (Å²) < 4.78 is 29.8. The van der Waals surface area contributed by atoms with Gasteiger partial charge in [-0.1, -0.05) is 0 Å². The van der Waals surface area contributed by atoms with Crippen LogP contribution in [0, 0.1) is 0 Å². The molecule has 0 aliphatic heterocycles. The number of sulfonamides is 1. The van der Waals surface area contributed by atoms with Gasteiger partial charge in [0.2, 0.25) is 0 Å². The Labute approximate surface area is 107 Å². The highest BCUT2D eigenvalue weighted by Crippen LogP contribution is 2.22. The summed E-state index contributed by atoms with van der Waals surface area (Å²) in [6, 6.07) is 1.27. The van der Waals surface area contributed by atoms with Crippen molar-refractivity contribution in [2.75, 3.05) is 7.11 Å². The second-order valence-corrected chi connectivity index (χ2v) is 6.32. The highest BCUT2D eigenvalue weighted by atomic mass is 32.2. The zero-order chi connectivity index (χ0) is 13.9. The predicted molar refractivity (Wildman–Crippen MR) is 63.1 cm³/mol. The van der Waals surface area contributed by atoms with E-state index in [0.717, 1.165) is 0 Å². The maximum Gasteiger partial charge on any atom is 0.348 e. The van der Waals surface area contributed by atoms with Crippen LogP contribution in [0.1, 0.15) is 16.6 Å². The van der Waals surface area contributed by atoms with E-state index in [9.17, 15) is 18.0 Å². The first-order chi connectivity index (χ1) is 8.27. The van der Waals surface area contributed by atoms with Crippen LogP contribution in [0.5, 0.6) is 0 Å². The molecular weight excluding hydrogens is 282 g/mol. The van der Waals surface area contributed by atoms with Crippen LogP contribution >= 0.6 is 11.3 Å². The van der Waals surface area contributed by atoms with E-state index in [0.29, 0.717) is 11.3 Å². The van der Waals surface area contributed by atoms with E-state index in [2.05, 4.69) is 4.74 Å². The molecular formula is C9H11NO6S2. The molecule has 0 amide bonds. The molecule has 18 heavy (non-hydrogen) atoms. The summed E-state index contributed by atoms with van der Waals surface area (Å²) in [5.74, 6) is -1.93. The van der Waals surface area contributed by atoms with E-state index in [1.807, 2.05) is 4.72 Å². The van der Waals surface area contributed by atoms with Crippen molar-refractivity contribution in [3.63, 3.8) is 0 Å². The number of carboxylic acids is 1. The van der Waals surface area contributed by atoms with Crippen molar-refractivity contribution in [3.8, 4) is 0 Å². The Hall–Kier alpha value is -1.45. The zero-order valence-corrected chi connectivity index (χ0v) is 11.2. The third-order valence-electron chi connectivity index (χ3n) is 1.94. The smallest absolute Gasteiger partial charge is 0.348 e. The number of rotatable bonds is 5. The number of ether oxygens (including phenoxy) is 1. The fraction of sp³-hybridized carbons (Fsp3) is 0.333. The van der Waals surface area contributed by atoms with Gasteiger partial charge >= 0.3 is 11.9 Å². The van der Waals surface area contributed by atoms with Crippen LogP contribution in [-0.4, -0.2) is 38.6 Å². The number of carbonyl (C=O) groups is 2. The number of thiophene rings is 1. The molecule has 2 N–H and O–H groups in total. The lowest BCUT2D eigenvalue weighted by atomic mass is 10.4. The number of esters is 1. The number of nitrogens with one attached hydrogen (secondary N) is 1. The first-order valence-electron chi connectivity index (χ1n) is 4.71. The van der Waals surface area contributed by atoms with Crippen molar-refractivity contribution in [1.82, 2.24) is 4.72 Å². The second-order valence-electron chi connectivity index (χ2n) is 3.29. The summed E-state index contributed by atoms with van der Waals surface area (Å²) in [5, 5.41) is 8.63. The van der Waals surface area contributed by atoms with E-state index in [1.165, 1.54) is 26.2 Å². The summed E-state index contributed by atoms with van der Waals surface area (Å²) in [7, 11) is -2.76. The molecule has 0 aromatic carbocycles. The van der Waals surface area contributed by atoms with Gasteiger partial charge in [0.15, 0.2) is 0 Å².